The molecule has 0 aromatic heterocycles. The van der Waals surface area contributed by atoms with E-state index in [9.17, 15) is 37.1 Å². The maximum atomic E-state index is 13.8. The van der Waals surface area contributed by atoms with E-state index in [2.05, 4.69) is 26.3 Å². The summed E-state index contributed by atoms with van der Waals surface area (Å²) in [6.07, 6.45) is -0.837. The molecule has 0 saturated carbocycles. The van der Waals surface area contributed by atoms with E-state index in [1.165, 1.54) is 0 Å². The molecule has 0 aliphatic carbocycles. The molecule has 1 aliphatic rings. The molecule has 4 atom stereocenters. The van der Waals surface area contributed by atoms with E-state index in [1.54, 1.807) is 52.0 Å². The lowest BCUT2D eigenvalue weighted by Crippen LogP contribution is -2.55. The first-order valence-electron chi connectivity index (χ1n) is 17.0. The van der Waals surface area contributed by atoms with Crippen LogP contribution in [0.4, 0.5) is 13.2 Å². The number of nitrogens with one attached hydrogen (secondary N) is 4. The van der Waals surface area contributed by atoms with E-state index in [0.717, 1.165) is 19.3 Å². The molecule has 1 aromatic rings. The minimum Gasteiger partial charge on any atom is -0.475 e. The third kappa shape index (κ3) is 16.2. The second kappa shape index (κ2) is 21.5. The van der Waals surface area contributed by atoms with Gasteiger partial charge in [0, 0.05) is 31.3 Å². The summed E-state index contributed by atoms with van der Waals surface area (Å²) in [4.78, 5) is 79.8. The smallest absolute Gasteiger partial charge is 0.475 e. The fourth-order valence-corrected chi connectivity index (χ4v) is 5.11. The highest BCUT2D eigenvalue weighted by Crippen LogP contribution is 2.24. The number of Topliss-reactive ketones (excluding diaryl/α,β-unsaturated/α-hetero) is 1. The van der Waals surface area contributed by atoms with Crippen molar-refractivity contribution < 1.29 is 47.0 Å². The molecule has 0 bridgehead atoms. The van der Waals surface area contributed by atoms with Crippen LogP contribution in [-0.2, 0) is 28.8 Å². The van der Waals surface area contributed by atoms with Gasteiger partial charge in [0.05, 0.1) is 5.54 Å². The molecule has 14 nitrogen and oxygen atoms in total. The Morgan fingerprint density at radius 2 is 1.61 bits per heavy atom. The van der Waals surface area contributed by atoms with Crippen LogP contribution in [0, 0.1) is 11.8 Å². The van der Waals surface area contributed by atoms with Crippen LogP contribution in [0.1, 0.15) is 97.1 Å². The highest BCUT2D eigenvalue weighted by molar-refractivity contribution is 5.97. The number of carbonyl (C=O) groups excluding carboxylic acids is 5. The van der Waals surface area contributed by atoms with Crippen molar-refractivity contribution >= 4 is 41.3 Å². The molecule has 17 heteroatoms. The molecule has 1 heterocycles. The second-order valence-corrected chi connectivity index (χ2v) is 12.8. The van der Waals surface area contributed by atoms with Gasteiger partial charge in [-0.05, 0) is 44.6 Å². The van der Waals surface area contributed by atoms with Crippen LogP contribution in [0.25, 0.3) is 0 Å². The average molecular weight is 728 g/mol. The predicted molar refractivity (Wildman–Crippen MR) is 184 cm³/mol. The number of aliphatic carboxylic acids is 1. The quantitative estimate of drug-likeness (QED) is 0.118. The number of alkyl halides is 3. The van der Waals surface area contributed by atoms with Gasteiger partial charge in [0.25, 0.3) is 0 Å². The first-order valence-corrected chi connectivity index (χ1v) is 17.0. The number of carbonyl (C=O) groups is 6. The predicted octanol–water partition coefficient (Wildman–Crippen LogP) is 2.61. The highest BCUT2D eigenvalue weighted by atomic mass is 19.4. The molecular weight excluding hydrogens is 675 g/mol. The molecule has 1 saturated heterocycles. The third-order valence-corrected chi connectivity index (χ3v) is 8.21. The molecule has 1 fully saturated rings. The lowest BCUT2D eigenvalue weighted by atomic mass is 9.82. The molecule has 1 aliphatic heterocycles. The van der Waals surface area contributed by atoms with Crippen molar-refractivity contribution in [3.63, 3.8) is 0 Å². The number of rotatable bonds is 8. The van der Waals surface area contributed by atoms with E-state index in [0.29, 0.717) is 31.4 Å². The summed E-state index contributed by atoms with van der Waals surface area (Å²) in [5, 5.41) is 18.6. The van der Waals surface area contributed by atoms with Gasteiger partial charge in [-0.1, -0.05) is 70.4 Å². The number of hydrogen-bond acceptors (Lipinski definition) is 7. The monoisotopic (exact) mass is 727 g/mol. The third-order valence-electron chi connectivity index (χ3n) is 8.21. The fourth-order valence-electron chi connectivity index (χ4n) is 5.11. The van der Waals surface area contributed by atoms with Crippen LogP contribution < -0.4 is 32.7 Å². The number of nitrogens with zero attached hydrogens (tertiary/aromatic N) is 1. The Morgan fingerprint density at radius 1 is 1.00 bits per heavy atom. The molecule has 286 valence electrons. The van der Waals surface area contributed by atoms with Crippen LogP contribution in [0.15, 0.2) is 35.3 Å². The summed E-state index contributed by atoms with van der Waals surface area (Å²) < 4.78 is 31.7. The molecule has 51 heavy (non-hydrogen) atoms. The largest absolute Gasteiger partial charge is 0.490 e. The van der Waals surface area contributed by atoms with Crippen molar-refractivity contribution in [1.82, 2.24) is 21.3 Å². The van der Waals surface area contributed by atoms with Gasteiger partial charge in [-0.15, -0.1) is 0 Å². The maximum absolute atomic E-state index is 13.8. The van der Waals surface area contributed by atoms with E-state index < -0.39 is 47.5 Å². The summed E-state index contributed by atoms with van der Waals surface area (Å²) in [5.74, 6) is -5.74. The Labute approximate surface area is 296 Å². The second-order valence-electron chi connectivity index (χ2n) is 12.8. The van der Waals surface area contributed by atoms with Crippen molar-refractivity contribution in [1.29, 1.82) is 0 Å². The minimum atomic E-state index is -5.08. The highest BCUT2D eigenvalue weighted by Gasteiger charge is 2.39. The average Bonchev–Trinajstić information content (AvgIpc) is 3.06. The van der Waals surface area contributed by atoms with Gasteiger partial charge < -0.3 is 37.8 Å². The van der Waals surface area contributed by atoms with Crippen LogP contribution in [-0.4, -0.2) is 77.3 Å². The van der Waals surface area contributed by atoms with Gasteiger partial charge >= 0.3 is 12.1 Å². The number of guanidine groups is 1. The maximum Gasteiger partial charge on any atom is 0.490 e. The van der Waals surface area contributed by atoms with Crippen LogP contribution in [0.5, 0.6) is 0 Å². The van der Waals surface area contributed by atoms with E-state index in [1.807, 2.05) is 6.07 Å². The number of ketones is 1. The van der Waals surface area contributed by atoms with E-state index >= 15 is 0 Å². The Bertz CT molecular complexity index is 1360. The lowest BCUT2D eigenvalue weighted by Gasteiger charge is -2.32. The van der Waals surface area contributed by atoms with Crippen LogP contribution >= 0.6 is 0 Å². The number of benzene rings is 1. The molecule has 0 unspecified atom stereocenters. The summed E-state index contributed by atoms with van der Waals surface area (Å²) >= 11 is 0. The Hall–Kier alpha value is -4.70. The summed E-state index contributed by atoms with van der Waals surface area (Å²) in [5.41, 5.74) is 10.4. The van der Waals surface area contributed by atoms with Crippen LogP contribution in [0.2, 0.25) is 0 Å². The van der Waals surface area contributed by atoms with Gasteiger partial charge in [-0.25, -0.2) is 4.79 Å². The minimum absolute atomic E-state index is 0.0704. The summed E-state index contributed by atoms with van der Waals surface area (Å²) in [6.45, 7) is 7.69. The number of amides is 4. The Kier molecular flexibility index (Phi) is 18.7. The van der Waals surface area contributed by atoms with Crippen molar-refractivity contribution in [2.45, 2.75) is 109 Å². The topological polar surface area (TPSA) is 235 Å². The molecule has 1 aromatic carbocycles. The molecular formula is C34H52F3N7O7. The lowest BCUT2D eigenvalue weighted by molar-refractivity contribution is -0.192. The molecule has 4 amide bonds. The normalized spacial score (nSPS) is 22.9. The number of hydrogen-bond donors (Lipinski definition) is 7. The van der Waals surface area contributed by atoms with E-state index in [4.69, 9.17) is 21.4 Å². The zero-order chi connectivity index (χ0) is 38.8. The van der Waals surface area contributed by atoms with Gasteiger partial charge in [-0.3, -0.25) is 29.0 Å². The van der Waals surface area contributed by atoms with Crippen molar-refractivity contribution in [3.8, 4) is 0 Å². The zero-order valence-corrected chi connectivity index (χ0v) is 29.6. The van der Waals surface area contributed by atoms with Crippen molar-refractivity contribution in [2.24, 2.45) is 28.3 Å². The Morgan fingerprint density at radius 3 is 2.16 bits per heavy atom. The van der Waals surface area contributed by atoms with Crippen LogP contribution in [0.3, 0.4) is 0 Å². The zero-order valence-electron chi connectivity index (χ0n) is 29.6. The van der Waals surface area contributed by atoms with Gasteiger partial charge in [0.1, 0.15) is 12.1 Å². The van der Waals surface area contributed by atoms with Gasteiger partial charge in [-0.2, -0.15) is 13.2 Å². The number of aliphatic imine (C=N–C) groups is 1. The first-order chi connectivity index (χ1) is 23.8. The van der Waals surface area contributed by atoms with Crippen molar-refractivity contribution in [2.75, 3.05) is 13.1 Å². The Balaban J connectivity index is 0.00000167. The molecule has 2 rings (SSSR count). The molecule has 9 N–H and O–H groups in total. The SMILES string of the molecule is CC[C@@H]1NC(=O)[C@H](CCCN=C(N)N)CC(=O)[C@](C)(NC(=O)C(C)C)CCCCCCNC(=O)[C@@H](c2ccccc2)NC1=O.O=C(O)C(F)(F)F. The standard InChI is InChI=1S/C32H51N7O5.C2HF3O2/c1-5-24-29(43)38-26(22-14-9-8-10-15-22)30(44)35-18-12-7-6-11-17-32(4,39-27(41)21(2)3)25(40)20-23(28(42)37-24)16-13-19-36-31(33)34;3-2(4,5)1(6)7/h8-10,14-15,21,23-24,26H,5-7,11-13,16-20H2,1-4H3,(H,35,44)(H,37,42)(H,38,43)(H,39,41)(H4,33,34,36);(H,6,7)/t23-,24+,26-,32-;/m1./s1. The number of halogens is 3. The summed E-state index contributed by atoms with van der Waals surface area (Å²) in [6, 6.07) is 7.07. The molecule has 0 spiro atoms. The van der Waals surface area contributed by atoms with Gasteiger partial charge in [0.15, 0.2) is 11.7 Å². The number of carboxylic acids is 1. The van der Waals surface area contributed by atoms with E-state index in [-0.39, 0.29) is 55.3 Å². The first kappa shape index (κ1) is 44.3. The molecule has 0 radical (unpaired) electrons. The van der Waals surface area contributed by atoms with Gasteiger partial charge in [0.2, 0.25) is 23.6 Å². The summed E-state index contributed by atoms with van der Waals surface area (Å²) in [7, 11) is 0. The fraction of sp³-hybridized carbons (Fsp3) is 0.618. The van der Waals surface area contributed by atoms with Crippen molar-refractivity contribution in [3.05, 3.63) is 35.9 Å². The number of nitrogens with two attached hydrogens (primary N) is 2. The number of carboxylic acid groups (broad SMARTS) is 1.